The number of hydrogen-bond donors (Lipinski definition) is 1. The molecule has 0 spiro atoms. The van der Waals surface area contributed by atoms with E-state index in [1.807, 2.05) is 16.7 Å². The van der Waals surface area contributed by atoms with Gasteiger partial charge in [0.2, 0.25) is 5.91 Å². The maximum absolute atomic E-state index is 12.5. The summed E-state index contributed by atoms with van der Waals surface area (Å²) in [6, 6.07) is 8.74. The van der Waals surface area contributed by atoms with Crippen molar-refractivity contribution in [2.75, 3.05) is 12.4 Å². The molecule has 0 unspecified atom stereocenters. The Morgan fingerprint density at radius 3 is 3.04 bits per heavy atom. The third-order valence-corrected chi connectivity index (χ3v) is 4.89. The first-order valence-electron chi connectivity index (χ1n) is 7.78. The van der Waals surface area contributed by atoms with E-state index in [4.69, 9.17) is 20.8 Å². The molecule has 9 heteroatoms. The van der Waals surface area contributed by atoms with E-state index >= 15 is 0 Å². The molecule has 0 aliphatic rings. The van der Waals surface area contributed by atoms with E-state index in [2.05, 4.69) is 15.5 Å². The maximum Gasteiger partial charge on any atom is 0.237 e. The van der Waals surface area contributed by atoms with Crippen LogP contribution in [0.5, 0.6) is 5.75 Å². The lowest BCUT2D eigenvalue weighted by Gasteiger charge is -2.14. The van der Waals surface area contributed by atoms with Crippen molar-refractivity contribution in [3.8, 4) is 5.75 Å². The molecule has 0 bridgehead atoms. The van der Waals surface area contributed by atoms with E-state index in [9.17, 15) is 4.79 Å². The first kappa shape index (κ1) is 18.3. The third kappa shape index (κ3) is 4.39. The Morgan fingerprint density at radius 1 is 1.46 bits per heavy atom. The van der Waals surface area contributed by atoms with Gasteiger partial charge >= 0.3 is 0 Å². The number of rotatable bonds is 7. The van der Waals surface area contributed by atoms with Gasteiger partial charge in [-0.2, -0.15) is 0 Å². The number of anilines is 1. The smallest absolute Gasteiger partial charge is 0.237 e. The molecule has 26 heavy (non-hydrogen) atoms. The van der Waals surface area contributed by atoms with Gasteiger partial charge in [0.05, 0.1) is 30.9 Å². The minimum Gasteiger partial charge on any atom is -0.495 e. The highest BCUT2D eigenvalue weighted by Crippen LogP contribution is 2.29. The number of halogens is 1. The fourth-order valence-electron chi connectivity index (χ4n) is 2.24. The highest BCUT2D eigenvalue weighted by molar-refractivity contribution is 8.00. The normalized spacial score (nSPS) is 12.0. The molecule has 3 aromatic rings. The lowest BCUT2D eigenvalue weighted by Crippen LogP contribution is -2.23. The summed E-state index contributed by atoms with van der Waals surface area (Å²) in [5.74, 6) is 1.14. The first-order valence-corrected chi connectivity index (χ1v) is 9.04. The van der Waals surface area contributed by atoms with Crippen molar-refractivity contribution in [3.05, 3.63) is 53.7 Å². The second-order valence-electron chi connectivity index (χ2n) is 5.41. The molecule has 1 N–H and O–H groups in total. The second kappa shape index (κ2) is 8.29. The number of carbonyl (C=O) groups excluding carboxylic acids is 1. The standard InChI is InChI=1S/C17H17ClN4O3S/c1-11(16(23)20-14-8-12(18)5-6-15(14)24-2)26-17-21-19-10-22(17)9-13-4-3-7-25-13/h3-8,10-11H,9H2,1-2H3,(H,20,23)/t11-/m0/s1. The van der Waals surface area contributed by atoms with Gasteiger partial charge in [0.25, 0.3) is 0 Å². The van der Waals surface area contributed by atoms with Crippen LogP contribution in [0.1, 0.15) is 12.7 Å². The first-order chi connectivity index (χ1) is 12.6. The van der Waals surface area contributed by atoms with Gasteiger partial charge in [0, 0.05) is 5.02 Å². The molecular formula is C17H17ClN4O3S. The molecule has 3 rings (SSSR count). The molecule has 1 aromatic carbocycles. The minimum absolute atomic E-state index is 0.192. The lowest BCUT2D eigenvalue weighted by atomic mass is 10.3. The molecule has 0 radical (unpaired) electrons. The SMILES string of the molecule is COc1ccc(Cl)cc1NC(=O)[C@H](C)Sc1nncn1Cc1ccco1. The van der Waals surface area contributed by atoms with Crippen molar-refractivity contribution in [2.24, 2.45) is 0 Å². The fraction of sp³-hybridized carbons (Fsp3) is 0.235. The van der Waals surface area contributed by atoms with Crippen molar-refractivity contribution in [1.29, 1.82) is 0 Å². The second-order valence-corrected chi connectivity index (χ2v) is 7.16. The van der Waals surface area contributed by atoms with Gasteiger partial charge in [-0.25, -0.2) is 0 Å². The highest BCUT2D eigenvalue weighted by atomic mass is 35.5. The molecule has 136 valence electrons. The Hall–Kier alpha value is -2.45. The van der Waals surface area contributed by atoms with E-state index in [-0.39, 0.29) is 5.91 Å². The summed E-state index contributed by atoms with van der Waals surface area (Å²) in [5.41, 5.74) is 0.523. The number of ether oxygens (including phenoxy) is 1. The van der Waals surface area contributed by atoms with E-state index < -0.39 is 5.25 Å². The maximum atomic E-state index is 12.5. The van der Waals surface area contributed by atoms with E-state index in [1.165, 1.54) is 18.9 Å². The average Bonchev–Trinajstić information content (AvgIpc) is 3.28. The molecule has 0 saturated heterocycles. The number of furan rings is 1. The molecule has 2 heterocycles. The number of carbonyl (C=O) groups is 1. The predicted molar refractivity (Wildman–Crippen MR) is 99.8 cm³/mol. The van der Waals surface area contributed by atoms with Crippen LogP contribution in [-0.4, -0.2) is 33.0 Å². The number of benzene rings is 1. The third-order valence-electron chi connectivity index (χ3n) is 3.56. The van der Waals surface area contributed by atoms with Crippen LogP contribution in [0.3, 0.4) is 0 Å². The number of nitrogens with one attached hydrogen (secondary N) is 1. The molecule has 1 atom stereocenters. The van der Waals surface area contributed by atoms with Crippen LogP contribution in [0.4, 0.5) is 5.69 Å². The molecule has 0 aliphatic heterocycles. The summed E-state index contributed by atoms with van der Waals surface area (Å²) in [7, 11) is 1.54. The Labute approximate surface area is 159 Å². The van der Waals surface area contributed by atoms with Crippen molar-refractivity contribution >= 4 is 35.0 Å². The van der Waals surface area contributed by atoms with Crippen molar-refractivity contribution < 1.29 is 13.9 Å². The van der Waals surface area contributed by atoms with Gasteiger partial charge in [-0.1, -0.05) is 23.4 Å². The highest BCUT2D eigenvalue weighted by Gasteiger charge is 2.19. The van der Waals surface area contributed by atoms with Crippen LogP contribution in [0.15, 0.2) is 52.5 Å². The zero-order chi connectivity index (χ0) is 18.5. The molecule has 0 aliphatic carbocycles. The Bertz CT molecular complexity index is 882. The quantitative estimate of drug-likeness (QED) is 0.617. The Balaban J connectivity index is 1.67. The summed E-state index contributed by atoms with van der Waals surface area (Å²) >= 11 is 7.30. The monoisotopic (exact) mass is 392 g/mol. The number of hydrogen-bond acceptors (Lipinski definition) is 6. The largest absolute Gasteiger partial charge is 0.495 e. The Morgan fingerprint density at radius 2 is 2.31 bits per heavy atom. The topological polar surface area (TPSA) is 82.2 Å². The number of methoxy groups -OCH3 is 1. The van der Waals surface area contributed by atoms with Crippen LogP contribution >= 0.6 is 23.4 Å². The van der Waals surface area contributed by atoms with Crippen LogP contribution in [0.25, 0.3) is 0 Å². The average molecular weight is 393 g/mol. The zero-order valence-corrected chi connectivity index (χ0v) is 15.8. The van der Waals surface area contributed by atoms with Gasteiger partial charge in [0.15, 0.2) is 5.16 Å². The number of thioether (sulfide) groups is 1. The van der Waals surface area contributed by atoms with Crippen LogP contribution < -0.4 is 10.1 Å². The molecular weight excluding hydrogens is 376 g/mol. The predicted octanol–water partition coefficient (Wildman–Crippen LogP) is 3.70. The van der Waals surface area contributed by atoms with Crippen LogP contribution in [0.2, 0.25) is 5.02 Å². The van der Waals surface area contributed by atoms with Gasteiger partial charge in [-0.3, -0.25) is 4.79 Å². The molecule has 1 amide bonds. The summed E-state index contributed by atoms with van der Waals surface area (Å²) < 4.78 is 12.4. The van der Waals surface area contributed by atoms with Gasteiger partial charge in [-0.15, -0.1) is 10.2 Å². The molecule has 0 saturated carbocycles. The minimum atomic E-state index is -0.404. The fourth-order valence-corrected chi connectivity index (χ4v) is 3.23. The van der Waals surface area contributed by atoms with Gasteiger partial charge < -0.3 is 19.0 Å². The van der Waals surface area contributed by atoms with Crippen LogP contribution in [-0.2, 0) is 11.3 Å². The van der Waals surface area contributed by atoms with Crippen LogP contribution in [0, 0.1) is 0 Å². The number of aromatic nitrogens is 3. The summed E-state index contributed by atoms with van der Waals surface area (Å²) in [4.78, 5) is 12.5. The van der Waals surface area contributed by atoms with Crippen molar-refractivity contribution in [2.45, 2.75) is 23.9 Å². The summed E-state index contributed by atoms with van der Waals surface area (Å²) in [6.45, 7) is 2.29. The molecule has 2 aromatic heterocycles. The van der Waals surface area contributed by atoms with E-state index in [0.717, 1.165) is 5.76 Å². The summed E-state index contributed by atoms with van der Waals surface area (Å²) in [5, 5.41) is 11.6. The Kier molecular flexibility index (Phi) is 5.85. The molecule has 7 nitrogen and oxygen atoms in total. The van der Waals surface area contributed by atoms with Gasteiger partial charge in [-0.05, 0) is 37.3 Å². The number of amides is 1. The molecule has 0 fully saturated rings. The van der Waals surface area contributed by atoms with E-state index in [1.54, 1.807) is 37.7 Å². The number of nitrogens with zero attached hydrogens (tertiary/aromatic N) is 3. The summed E-state index contributed by atoms with van der Waals surface area (Å²) in [6.07, 6.45) is 3.22. The zero-order valence-electron chi connectivity index (χ0n) is 14.2. The van der Waals surface area contributed by atoms with Gasteiger partial charge in [0.1, 0.15) is 17.8 Å². The van der Waals surface area contributed by atoms with E-state index in [0.29, 0.717) is 28.2 Å². The van der Waals surface area contributed by atoms with Crippen molar-refractivity contribution in [3.63, 3.8) is 0 Å². The van der Waals surface area contributed by atoms with Crippen molar-refractivity contribution in [1.82, 2.24) is 14.8 Å². The lowest BCUT2D eigenvalue weighted by molar-refractivity contribution is -0.115.